The second-order valence-electron chi connectivity index (χ2n) is 5.96. The Morgan fingerprint density at radius 1 is 1.16 bits per heavy atom. The molecule has 0 saturated carbocycles. The number of aryl methyl sites for hydroxylation is 2. The number of nitrogens with zero attached hydrogens (tertiary/aromatic N) is 1. The van der Waals surface area contributed by atoms with Gasteiger partial charge in [-0.05, 0) is 50.1 Å². The normalized spacial score (nSPS) is 10.9. The molecule has 1 aromatic heterocycles. The molecule has 0 aliphatic carbocycles. The minimum atomic E-state index is -0.492. The summed E-state index contributed by atoms with van der Waals surface area (Å²) < 4.78 is 10.7. The van der Waals surface area contributed by atoms with Gasteiger partial charge in [0.15, 0.2) is 5.78 Å². The molecule has 0 amide bonds. The highest BCUT2D eigenvalue weighted by Gasteiger charge is 2.24. The van der Waals surface area contributed by atoms with E-state index in [-0.39, 0.29) is 17.1 Å². The van der Waals surface area contributed by atoms with Crippen molar-refractivity contribution in [2.75, 3.05) is 7.11 Å². The van der Waals surface area contributed by atoms with Gasteiger partial charge in [0.1, 0.15) is 12.0 Å². The van der Waals surface area contributed by atoms with E-state index >= 15 is 0 Å². The topological polar surface area (TPSA) is 82.6 Å². The third kappa shape index (κ3) is 2.65. The van der Waals surface area contributed by atoms with E-state index in [1.54, 1.807) is 38.3 Å². The molecule has 0 aliphatic rings. The summed E-state index contributed by atoms with van der Waals surface area (Å²) in [6.45, 7) is 5.45. The van der Waals surface area contributed by atoms with Crippen molar-refractivity contribution >= 4 is 22.4 Å². The molecule has 3 aromatic rings. The van der Waals surface area contributed by atoms with Crippen molar-refractivity contribution < 1.29 is 18.9 Å². The molecule has 0 N–H and O–H groups in total. The monoisotopic (exact) mass is 339 g/mol. The molecule has 3 rings (SSSR count). The van der Waals surface area contributed by atoms with Gasteiger partial charge < -0.3 is 9.15 Å². The summed E-state index contributed by atoms with van der Waals surface area (Å²) >= 11 is 0. The fourth-order valence-electron chi connectivity index (χ4n) is 2.91. The van der Waals surface area contributed by atoms with E-state index < -0.39 is 4.92 Å². The number of hydrogen-bond donors (Lipinski definition) is 0. The number of carbonyl (C=O) groups excluding carboxylic acids is 1. The predicted octanol–water partition coefficient (Wildman–Crippen LogP) is 4.51. The van der Waals surface area contributed by atoms with Crippen molar-refractivity contribution in [1.29, 1.82) is 0 Å². The summed E-state index contributed by atoms with van der Waals surface area (Å²) in [4.78, 5) is 23.7. The molecule has 0 fully saturated rings. The van der Waals surface area contributed by atoms with Crippen LogP contribution in [0.5, 0.6) is 5.75 Å². The van der Waals surface area contributed by atoms with Crippen LogP contribution in [0.3, 0.4) is 0 Å². The molecule has 0 aliphatic heterocycles. The smallest absolute Gasteiger partial charge is 0.315 e. The first kappa shape index (κ1) is 16.7. The van der Waals surface area contributed by atoms with Gasteiger partial charge in [0.25, 0.3) is 0 Å². The average molecular weight is 339 g/mol. The summed E-state index contributed by atoms with van der Waals surface area (Å²) in [5, 5.41) is 11.7. The third-order valence-electron chi connectivity index (χ3n) is 4.45. The minimum absolute atomic E-state index is 0.115. The van der Waals surface area contributed by atoms with E-state index in [0.29, 0.717) is 27.8 Å². The molecule has 1 heterocycles. The van der Waals surface area contributed by atoms with Gasteiger partial charge in [-0.15, -0.1) is 0 Å². The number of hydrogen-bond acceptors (Lipinski definition) is 5. The number of furan rings is 1. The highest BCUT2D eigenvalue weighted by Crippen LogP contribution is 2.34. The molecule has 6 heteroatoms. The molecular formula is C19H17NO5. The highest BCUT2D eigenvalue weighted by atomic mass is 16.6. The maximum Gasteiger partial charge on any atom is 0.315 e. The lowest BCUT2D eigenvalue weighted by atomic mass is 9.97. The minimum Gasteiger partial charge on any atom is -0.496 e. The molecule has 0 unspecified atom stereocenters. The summed E-state index contributed by atoms with van der Waals surface area (Å²) in [7, 11) is 1.55. The Balaban J connectivity index is 2.18. The van der Waals surface area contributed by atoms with Crippen LogP contribution in [0.25, 0.3) is 11.0 Å². The molecule has 0 spiro atoms. The van der Waals surface area contributed by atoms with Gasteiger partial charge >= 0.3 is 5.69 Å². The number of fused-ring (bicyclic) bond motifs is 1. The Labute approximate surface area is 144 Å². The summed E-state index contributed by atoms with van der Waals surface area (Å²) in [5.41, 5.74) is 3.12. The van der Waals surface area contributed by atoms with Crippen LogP contribution in [0.15, 0.2) is 34.9 Å². The van der Waals surface area contributed by atoms with Gasteiger partial charge in [0, 0.05) is 16.5 Å². The van der Waals surface area contributed by atoms with Gasteiger partial charge in [0.05, 0.1) is 17.6 Å². The van der Waals surface area contributed by atoms with Crippen LogP contribution in [0.1, 0.15) is 32.6 Å². The number of methoxy groups -OCH3 is 1. The number of ether oxygens (including phenoxy) is 1. The molecular weight excluding hydrogens is 322 g/mol. The summed E-state index contributed by atoms with van der Waals surface area (Å²) in [6, 6.07) is 6.74. The first-order valence-electron chi connectivity index (χ1n) is 7.70. The second kappa shape index (κ2) is 6.05. The lowest BCUT2D eigenvalue weighted by Crippen LogP contribution is -2.03. The zero-order valence-corrected chi connectivity index (χ0v) is 14.4. The van der Waals surface area contributed by atoms with E-state index in [2.05, 4.69) is 0 Å². The number of ketones is 1. The number of nitro groups is 1. The van der Waals surface area contributed by atoms with Gasteiger partial charge in [-0.3, -0.25) is 14.9 Å². The average Bonchev–Trinajstić information content (AvgIpc) is 2.99. The molecule has 128 valence electrons. The van der Waals surface area contributed by atoms with Crippen LogP contribution in [-0.2, 0) is 0 Å². The number of rotatable bonds is 4. The summed E-state index contributed by atoms with van der Waals surface area (Å²) in [5.74, 6) is 0.358. The zero-order valence-electron chi connectivity index (χ0n) is 14.4. The first-order valence-corrected chi connectivity index (χ1v) is 7.70. The molecule has 0 radical (unpaired) electrons. The van der Waals surface area contributed by atoms with Gasteiger partial charge in [0.2, 0.25) is 5.58 Å². The second-order valence-corrected chi connectivity index (χ2v) is 5.96. The first-order chi connectivity index (χ1) is 11.8. The lowest BCUT2D eigenvalue weighted by molar-refractivity contribution is -0.384. The van der Waals surface area contributed by atoms with Crippen LogP contribution in [0.4, 0.5) is 5.69 Å². The fourth-order valence-corrected chi connectivity index (χ4v) is 2.91. The van der Waals surface area contributed by atoms with Gasteiger partial charge in [-0.25, -0.2) is 0 Å². The predicted molar refractivity (Wildman–Crippen MR) is 93.5 cm³/mol. The Hall–Kier alpha value is -3.15. The molecule has 6 nitrogen and oxygen atoms in total. The largest absolute Gasteiger partial charge is 0.496 e. The van der Waals surface area contributed by atoms with E-state index in [9.17, 15) is 14.9 Å². The SMILES string of the molecule is COc1cc(C(=O)c2coc3c([N+](=O)[O-])c(C)ccc23)cc(C)c1C. The van der Waals surface area contributed by atoms with Crippen LogP contribution >= 0.6 is 0 Å². The van der Waals surface area contributed by atoms with Crippen LogP contribution in [-0.4, -0.2) is 17.8 Å². The van der Waals surface area contributed by atoms with E-state index in [1.807, 2.05) is 13.8 Å². The molecule has 0 saturated heterocycles. The Morgan fingerprint density at radius 2 is 1.88 bits per heavy atom. The third-order valence-corrected chi connectivity index (χ3v) is 4.45. The molecule has 0 bridgehead atoms. The molecule has 0 atom stereocenters. The van der Waals surface area contributed by atoms with Gasteiger partial charge in [-0.2, -0.15) is 0 Å². The van der Waals surface area contributed by atoms with E-state index in [0.717, 1.165) is 11.1 Å². The van der Waals surface area contributed by atoms with Crippen LogP contribution in [0.2, 0.25) is 0 Å². The maximum absolute atomic E-state index is 12.9. The Kier molecular flexibility index (Phi) is 4.04. The standard InChI is InChI=1S/C19H17NO5/c1-10-5-6-14-15(9-25-19(14)17(10)20(22)23)18(21)13-7-11(2)12(3)16(8-13)24-4/h5-9H,1-4H3. The number of benzene rings is 2. The zero-order chi connectivity index (χ0) is 18.3. The van der Waals surface area contributed by atoms with Crippen molar-refractivity contribution in [2.45, 2.75) is 20.8 Å². The van der Waals surface area contributed by atoms with Gasteiger partial charge in [-0.1, -0.05) is 6.07 Å². The maximum atomic E-state index is 12.9. The van der Waals surface area contributed by atoms with E-state index in [1.165, 1.54) is 6.26 Å². The summed E-state index contributed by atoms with van der Waals surface area (Å²) in [6.07, 6.45) is 1.28. The molecule has 25 heavy (non-hydrogen) atoms. The van der Waals surface area contributed by atoms with E-state index in [4.69, 9.17) is 9.15 Å². The Bertz CT molecular complexity index is 1020. The van der Waals surface area contributed by atoms with Crippen molar-refractivity contribution in [1.82, 2.24) is 0 Å². The van der Waals surface area contributed by atoms with Crippen LogP contribution < -0.4 is 4.74 Å². The quantitative estimate of drug-likeness (QED) is 0.397. The van der Waals surface area contributed by atoms with Crippen molar-refractivity contribution in [3.05, 3.63) is 68.5 Å². The Morgan fingerprint density at radius 3 is 2.52 bits per heavy atom. The van der Waals surface area contributed by atoms with Crippen molar-refractivity contribution in [3.63, 3.8) is 0 Å². The van der Waals surface area contributed by atoms with Crippen LogP contribution in [0, 0.1) is 30.9 Å². The number of nitro benzene ring substituents is 1. The lowest BCUT2D eigenvalue weighted by Gasteiger charge is -2.10. The van der Waals surface area contributed by atoms with Crippen molar-refractivity contribution in [3.8, 4) is 5.75 Å². The number of carbonyl (C=O) groups is 1. The highest BCUT2D eigenvalue weighted by molar-refractivity contribution is 6.17. The van der Waals surface area contributed by atoms with Crippen molar-refractivity contribution in [2.24, 2.45) is 0 Å². The fraction of sp³-hybridized carbons (Fsp3) is 0.211. The molecule has 2 aromatic carbocycles.